The molecule has 0 amide bonds. The van der Waals surface area contributed by atoms with E-state index in [9.17, 15) is 0 Å². The second kappa shape index (κ2) is 6.63. The Bertz CT molecular complexity index is 603. The van der Waals surface area contributed by atoms with E-state index >= 15 is 0 Å². The predicted molar refractivity (Wildman–Crippen MR) is 85.5 cm³/mol. The molecule has 1 aromatic heterocycles. The van der Waals surface area contributed by atoms with Crippen LogP contribution in [-0.2, 0) is 22.6 Å². The van der Waals surface area contributed by atoms with Crippen molar-refractivity contribution in [2.75, 3.05) is 13.7 Å². The highest BCUT2D eigenvalue weighted by Gasteiger charge is 2.27. The summed E-state index contributed by atoms with van der Waals surface area (Å²) in [6.07, 6.45) is 6.11. The average Bonchev–Trinajstić information content (AvgIpc) is 2.84. The van der Waals surface area contributed by atoms with Crippen molar-refractivity contribution in [2.45, 2.75) is 51.9 Å². The largest absolute Gasteiger partial charge is 0.372 e. The maximum Gasteiger partial charge on any atom is 0.122 e. The lowest BCUT2D eigenvalue weighted by molar-refractivity contribution is 0.0236. The number of benzene rings is 1. The maximum absolute atomic E-state index is 6.09. The van der Waals surface area contributed by atoms with Crippen LogP contribution >= 0.6 is 0 Å². The second-order valence-corrected chi connectivity index (χ2v) is 5.83. The molecule has 1 aliphatic heterocycles. The zero-order chi connectivity index (χ0) is 14.7. The lowest BCUT2D eigenvalue weighted by Crippen LogP contribution is -2.19. The van der Waals surface area contributed by atoms with Crippen LogP contribution in [-0.4, -0.2) is 18.3 Å². The highest BCUT2D eigenvalue weighted by Crippen LogP contribution is 2.37. The van der Waals surface area contributed by atoms with Crippen molar-refractivity contribution in [2.24, 2.45) is 0 Å². The Morgan fingerprint density at radius 3 is 2.95 bits per heavy atom. The zero-order valence-electron chi connectivity index (χ0n) is 13.1. The first-order valence-electron chi connectivity index (χ1n) is 8.07. The number of para-hydroxylation sites is 1. The number of unbranched alkanes of at least 4 members (excludes halogenated alkanes) is 2. The molecule has 0 radical (unpaired) electrons. The fraction of sp³-hybridized carbons (Fsp3) is 0.556. The highest BCUT2D eigenvalue weighted by atomic mass is 16.5. The average molecular weight is 287 g/mol. The van der Waals surface area contributed by atoms with Gasteiger partial charge in [-0.05, 0) is 24.5 Å². The molecule has 2 aromatic rings. The Morgan fingerprint density at radius 2 is 2.14 bits per heavy atom. The molecule has 1 aliphatic rings. The molecule has 3 nitrogen and oxygen atoms in total. The van der Waals surface area contributed by atoms with Crippen molar-refractivity contribution in [1.29, 1.82) is 0 Å². The van der Waals surface area contributed by atoms with E-state index in [1.807, 2.05) is 0 Å². The summed E-state index contributed by atoms with van der Waals surface area (Å²) in [5, 5.41) is 1.37. The van der Waals surface area contributed by atoms with Gasteiger partial charge in [0.1, 0.15) is 6.73 Å². The minimum absolute atomic E-state index is 0.225. The summed E-state index contributed by atoms with van der Waals surface area (Å²) >= 11 is 0. The monoisotopic (exact) mass is 287 g/mol. The van der Waals surface area contributed by atoms with Gasteiger partial charge in [-0.2, -0.15) is 0 Å². The summed E-state index contributed by atoms with van der Waals surface area (Å²) < 4.78 is 13.8. The summed E-state index contributed by atoms with van der Waals surface area (Å²) in [4.78, 5) is 0. The molecule has 0 saturated carbocycles. The number of hydrogen-bond acceptors (Lipinski definition) is 2. The van der Waals surface area contributed by atoms with E-state index in [1.165, 1.54) is 41.4 Å². The van der Waals surface area contributed by atoms with Crippen molar-refractivity contribution in [3.8, 4) is 0 Å². The number of methoxy groups -OCH3 is 1. The normalized spacial score (nSPS) is 18.1. The van der Waals surface area contributed by atoms with E-state index in [1.54, 1.807) is 7.11 Å². The first-order chi connectivity index (χ1) is 10.4. The predicted octanol–water partition coefficient (Wildman–Crippen LogP) is 4.44. The molecule has 1 aromatic carbocycles. The Kier molecular flexibility index (Phi) is 4.61. The lowest BCUT2D eigenvalue weighted by atomic mass is 9.99. The van der Waals surface area contributed by atoms with Crippen molar-refractivity contribution in [1.82, 2.24) is 4.57 Å². The second-order valence-electron chi connectivity index (χ2n) is 5.83. The molecule has 2 heterocycles. The molecule has 1 atom stereocenters. The number of nitrogens with zero attached hydrogens (tertiary/aromatic N) is 1. The molecule has 0 bridgehead atoms. The van der Waals surface area contributed by atoms with Crippen molar-refractivity contribution in [3.05, 3.63) is 35.5 Å². The van der Waals surface area contributed by atoms with Crippen LogP contribution in [0.15, 0.2) is 24.3 Å². The van der Waals surface area contributed by atoms with E-state index in [-0.39, 0.29) is 6.10 Å². The molecule has 0 saturated heterocycles. The van der Waals surface area contributed by atoms with Gasteiger partial charge in [0.15, 0.2) is 0 Å². The smallest absolute Gasteiger partial charge is 0.122 e. The summed E-state index contributed by atoms with van der Waals surface area (Å²) in [7, 11) is 1.76. The molecule has 3 heteroatoms. The van der Waals surface area contributed by atoms with Crippen LogP contribution in [0, 0.1) is 0 Å². The van der Waals surface area contributed by atoms with Crippen LogP contribution in [0.1, 0.15) is 50.0 Å². The topological polar surface area (TPSA) is 23.4 Å². The third kappa shape index (κ3) is 2.72. The van der Waals surface area contributed by atoms with Crippen molar-refractivity contribution in [3.63, 3.8) is 0 Å². The summed E-state index contributed by atoms with van der Waals surface area (Å²) in [5.74, 6) is 0. The first kappa shape index (κ1) is 14.6. The van der Waals surface area contributed by atoms with Crippen molar-refractivity contribution >= 4 is 10.9 Å². The molecule has 21 heavy (non-hydrogen) atoms. The van der Waals surface area contributed by atoms with Gasteiger partial charge in [0.25, 0.3) is 0 Å². The highest BCUT2D eigenvalue weighted by molar-refractivity contribution is 5.86. The Hall–Kier alpha value is -1.32. The first-order valence-corrected chi connectivity index (χ1v) is 8.07. The summed E-state index contributed by atoms with van der Waals surface area (Å²) in [6, 6.07) is 8.65. The molecular formula is C18H25NO2. The molecular weight excluding hydrogens is 262 g/mol. The van der Waals surface area contributed by atoms with E-state index in [2.05, 4.69) is 35.8 Å². The number of hydrogen-bond donors (Lipinski definition) is 0. The minimum Gasteiger partial charge on any atom is -0.372 e. The lowest BCUT2D eigenvalue weighted by Gasteiger charge is -2.26. The van der Waals surface area contributed by atoms with Gasteiger partial charge in [-0.25, -0.2) is 0 Å². The number of fused-ring (bicyclic) bond motifs is 3. The molecule has 0 fully saturated rings. The Morgan fingerprint density at radius 1 is 1.29 bits per heavy atom. The van der Waals surface area contributed by atoms with E-state index < -0.39 is 0 Å². The third-order valence-electron chi connectivity index (χ3n) is 4.42. The van der Waals surface area contributed by atoms with Crippen LogP contribution in [0.3, 0.4) is 0 Å². The number of ether oxygens (including phenoxy) is 2. The van der Waals surface area contributed by atoms with Gasteiger partial charge >= 0.3 is 0 Å². The van der Waals surface area contributed by atoms with E-state index in [4.69, 9.17) is 9.47 Å². The molecule has 3 rings (SSSR count). The zero-order valence-corrected chi connectivity index (χ0v) is 13.1. The van der Waals surface area contributed by atoms with Gasteiger partial charge in [0.05, 0.1) is 23.9 Å². The van der Waals surface area contributed by atoms with Crippen molar-refractivity contribution < 1.29 is 9.47 Å². The molecule has 0 aliphatic carbocycles. The van der Waals surface area contributed by atoms with Crippen LogP contribution < -0.4 is 0 Å². The van der Waals surface area contributed by atoms with E-state index in [0.29, 0.717) is 6.73 Å². The van der Waals surface area contributed by atoms with E-state index in [0.717, 1.165) is 19.4 Å². The minimum atomic E-state index is 0.225. The Labute approximate surface area is 126 Å². The van der Waals surface area contributed by atoms with Gasteiger partial charge in [0.2, 0.25) is 0 Å². The van der Waals surface area contributed by atoms with Gasteiger partial charge in [-0.15, -0.1) is 0 Å². The standard InChI is InChI=1S/C18H25NO2/c1-3-4-5-10-17-18-15(11-12-21-17)14-8-6-7-9-16(14)19(18)13-20-2/h6-9,17H,3-5,10-13H2,1-2H3. The SMILES string of the molecule is CCCCCC1OCCc2c1n(COC)c1ccccc21. The quantitative estimate of drug-likeness (QED) is 0.733. The Balaban J connectivity index is 2.03. The van der Waals surface area contributed by atoms with Gasteiger partial charge in [-0.1, -0.05) is 44.4 Å². The fourth-order valence-corrected chi connectivity index (χ4v) is 3.48. The van der Waals surface area contributed by atoms with Gasteiger partial charge < -0.3 is 14.0 Å². The summed E-state index contributed by atoms with van der Waals surface area (Å²) in [5.41, 5.74) is 4.09. The molecule has 1 unspecified atom stereocenters. The van der Waals surface area contributed by atoms with Crippen LogP contribution in [0.2, 0.25) is 0 Å². The van der Waals surface area contributed by atoms with Gasteiger partial charge in [-0.3, -0.25) is 0 Å². The van der Waals surface area contributed by atoms with Crippen LogP contribution in [0.4, 0.5) is 0 Å². The summed E-state index contributed by atoms with van der Waals surface area (Å²) in [6.45, 7) is 3.68. The fourth-order valence-electron chi connectivity index (χ4n) is 3.48. The van der Waals surface area contributed by atoms with Crippen LogP contribution in [0.25, 0.3) is 10.9 Å². The molecule has 0 spiro atoms. The molecule has 0 N–H and O–H groups in total. The van der Waals surface area contributed by atoms with Gasteiger partial charge in [0, 0.05) is 12.5 Å². The molecule has 114 valence electrons. The van der Waals surface area contributed by atoms with Crippen LogP contribution in [0.5, 0.6) is 0 Å². The number of aromatic nitrogens is 1. The third-order valence-corrected chi connectivity index (χ3v) is 4.42. The number of rotatable bonds is 6. The maximum atomic E-state index is 6.09.